The molecule has 5 heteroatoms. The van der Waals surface area contributed by atoms with E-state index in [-0.39, 0.29) is 24.4 Å². The molecule has 2 N–H and O–H groups in total. The number of hydrogen-bond donors (Lipinski definition) is 1. The van der Waals surface area contributed by atoms with Crippen LogP contribution >= 0.6 is 12.4 Å². The Balaban J connectivity index is 0.00000180. The van der Waals surface area contributed by atoms with E-state index in [1.54, 1.807) is 7.11 Å². The normalized spacial score (nSPS) is 18.0. The molecule has 1 unspecified atom stereocenters. The number of carbonyl (C=O) groups excluding carboxylic acids is 1. The van der Waals surface area contributed by atoms with Gasteiger partial charge in [0.2, 0.25) is 5.91 Å². The van der Waals surface area contributed by atoms with E-state index in [2.05, 4.69) is 0 Å². The summed E-state index contributed by atoms with van der Waals surface area (Å²) in [4.78, 5) is 14.1. The molecule has 0 bridgehead atoms. The van der Waals surface area contributed by atoms with Crippen LogP contribution in [0.15, 0.2) is 24.3 Å². The van der Waals surface area contributed by atoms with Crippen molar-refractivity contribution in [1.82, 2.24) is 4.90 Å². The molecule has 0 radical (unpaired) electrons. The Bertz CT molecular complexity index is 426. The van der Waals surface area contributed by atoms with Gasteiger partial charge in [-0.15, -0.1) is 12.4 Å². The van der Waals surface area contributed by atoms with Gasteiger partial charge in [-0.25, -0.2) is 0 Å². The van der Waals surface area contributed by atoms with Gasteiger partial charge in [-0.3, -0.25) is 4.79 Å². The molecule has 0 aromatic heterocycles. The van der Waals surface area contributed by atoms with Crippen molar-refractivity contribution >= 4 is 18.3 Å². The molecule has 0 aliphatic carbocycles. The van der Waals surface area contributed by atoms with Gasteiger partial charge in [-0.1, -0.05) is 12.1 Å². The van der Waals surface area contributed by atoms with Crippen molar-refractivity contribution in [3.05, 3.63) is 29.8 Å². The van der Waals surface area contributed by atoms with Crippen LogP contribution in [0.25, 0.3) is 0 Å². The van der Waals surface area contributed by atoms with Gasteiger partial charge in [-0.2, -0.15) is 0 Å². The molecule has 0 spiro atoms. The van der Waals surface area contributed by atoms with Crippen molar-refractivity contribution in [2.45, 2.75) is 25.3 Å². The molecule has 106 valence electrons. The first kappa shape index (κ1) is 15.8. The van der Waals surface area contributed by atoms with Crippen LogP contribution in [0.5, 0.6) is 5.75 Å². The summed E-state index contributed by atoms with van der Waals surface area (Å²) in [6.07, 6.45) is 2.51. The van der Waals surface area contributed by atoms with Crippen LogP contribution in [0.3, 0.4) is 0 Å². The minimum absolute atomic E-state index is 0. The van der Waals surface area contributed by atoms with Gasteiger partial charge in [0.05, 0.1) is 13.5 Å². The standard InChI is InChI=1S/C14H20N2O2.ClH/c1-18-13-6-2-4-11(8-13)9-14(17)16-7-3-5-12(16)10-15;/h2,4,6,8,12H,3,5,7,9-10,15H2,1H3;1H. The topological polar surface area (TPSA) is 55.6 Å². The summed E-state index contributed by atoms with van der Waals surface area (Å²) in [6.45, 7) is 1.40. The summed E-state index contributed by atoms with van der Waals surface area (Å²) in [5.74, 6) is 0.952. The quantitative estimate of drug-likeness (QED) is 0.914. The molecule has 1 aliphatic heterocycles. The van der Waals surface area contributed by atoms with E-state index in [0.717, 1.165) is 30.7 Å². The van der Waals surface area contributed by atoms with Gasteiger partial charge in [0.25, 0.3) is 0 Å². The van der Waals surface area contributed by atoms with Crippen molar-refractivity contribution in [1.29, 1.82) is 0 Å². The van der Waals surface area contributed by atoms with Crippen molar-refractivity contribution in [2.75, 3.05) is 20.2 Å². The van der Waals surface area contributed by atoms with Gasteiger partial charge in [0.15, 0.2) is 0 Å². The Morgan fingerprint density at radius 2 is 2.32 bits per heavy atom. The number of benzene rings is 1. The molecule has 1 amide bonds. The summed E-state index contributed by atoms with van der Waals surface area (Å²) < 4.78 is 5.16. The van der Waals surface area contributed by atoms with Crippen molar-refractivity contribution < 1.29 is 9.53 Å². The summed E-state index contributed by atoms with van der Waals surface area (Å²) in [5.41, 5.74) is 6.68. The largest absolute Gasteiger partial charge is 0.497 e. The lowest BCUT2D eigenvalue weighted by molar-refractivity contribution is -0.131. The minimum Gasteiger partial charge on any atom is -0.497 e. The Kier molecular flexibility index (Phi) is 6.12. The molecular formula is C14H21ClN2O2. The second kappa shape index (κ2) is 7.36. The second-order valence-corrected chi connectivity index (χ2v) is 4.65. The number of hydrogen-bond acceptors (Lipinski definition) is 3. The molecule has 1 aliphatic rings. The predicted octanol–water partition coefficient (Wildman–Crippen LogP) is 1.61. The van der Waals surface area contributed by atoms with Crippen LogP contribution in [0, 0.1) is 0 Å². The van der Waals surface area contributed by atoms with Crippen molar-refractivity contribution in [3.63, 3.8) is 0 Å². The van der Waals surface area contributed by atoms with Crippen LogP contribution in [-0.2, 0) is 11.2 Å². The minimum atomic E-state index is 0. The van der Waals surface area contributed by atoms with Gasteiger partial charge in [0.1, 0.15) is 5.75 Å². The van der Waals surface area contributed by atoms with Crippen LogP contribution < -0.4 is 10.5 Å². The highest BCUT2D eigenvalue weighted by molar-refractivity contribution is 5.85. The Labute approximate surface area is 120 Å². The maximum Gasteiger partial charge on any atom is 0.227 e. The Morgan fingerprint density at radius 3 is 3.00 bits per heavy atom. The number of ether oxygens (including phenoxy) is 1. The summed E-state index contributed by atoms with van der Waals surface area (Å²) in [7, 11) is 1.63. The molecule has 1 aromatic carbocycles. The molecule has 1 saturated heterocycles. The third-order valence-electron chi connectivity index (χ3n) is 3.46. The van der Waals surface area contributed by atoms with E-state index in [1.165, 1.54) is 0 Å². The third-order valence-corrected chi connectivity index (χ3v) is 3.46. The molecule has 19 heavy (non-hydrogen) atoms. The highest BCUT2D eigenvalue weighted by atomic mass is 35.5. The van der Waals surface area contributed by atoms with Crippen molar-refractivity contribution in [3.8, 4) is 5.75 Å². The first-order valence-corrected chi connectivity index (χ1v) is 6.37. The summed E-state index contributed by atoms with van der Waals surface area (Å²) in [5, 5.41) is 0. The van der Waals surface area contributed by atoms with E-state index in [4.69, 9.17) is 10.5 Å². The third kappa shape index (κ3) is 3.85. The zero-order valence-electron chi connectivity index (χ0n) is 11.2. The Morgan fingerprint density at radius 1 is 1.53 bits per heavy atom. The van der Waals surface area contributed by atoms with Gasteiger partial charge < -0.3 is 15.4 Å². The van der Waals surface area contributed by atoms with Crippen LogP contribution in [0.2, 0.25) is 0 Å². The average molecular weight is 285 g/mol. The zero-order valence-corrected chi connectivity index (χ0v) is 12.0. The average Bonchev–Trinajstić information content (AvgIpc) is 2.87. The molecule has 0 saturated carbocycles. The number of rotatable bonds is 4. The van der Waals surface area contributed by atoms with Gasteiger partial charge >= 0.3 is 0 Å². The number of carbonyl (C=O) groups is 1. The molecule has 1 aromatic rings. The maximum absolute atomic E-state index is 12.2. The fraction of sp³-hybridized carbons (Fsp3) is 0.500. The molecule has 4 nitrogen and oxygen atoms in total. The smallest absolute Gasteiger partial charge is 0.227 e. The van der Waals surface area contributed by atoms with Crippen LogP contribution in [-0.4, -0.2) is 37.0 Å². The Hall–Kier alpha value is -1.26. The van der Waals surface area contributed by atoms with Crippen LogP contribution in [0.1, 0.15) is 18.4 Å². The molecule has 1 fully saturated rings. The van der Waals surface area contributed by atoms with Gasteiger partial charge in [0, 0.05) is 19.1 Å². The highest BCUT2D eigenvalue weighted by Crippen LogP contribution is 2.19. The van der Waals surface area contributed by atoms with Crippen molar-refractivity contribution in [2.24, 2.45) is 5.73 Å². The summed E-state index contributed by atoms with van der Waals surface area (Å²) >= 11 is 0. The van der Waals surface area contributed by atoms with Crippen LogP contribution in [0.4, 0.5) is 0 Å². The molecular weight excluding hydrogens is 264 g/mol. The number of methoxy groups -OCH3 is 1. The van der Waals surface area contributed by atoms with E-state index < -0.39 is 0 Å². The van der Waals surface area contributed by atoms with Gasteiger partial charge in [-0.05, 0) is 30.5 Å². The number of nitrogens with two attached hydrogens (primary N) is 1. The zero-order chi connectivity index (χ0) is 13.0. The van der Waals surface area contributed by atoms with E-state index in [9.17, 15) is 4.79 Å². The SMILES string of the molecule is COc1cccc(CC(=O)N2CCCC2CN)c1.Cl. The lowest BCUT2D eigenvalue weighted by Gasteiger charge is -2.23. The maximum atomic E-state index is 12.2. The molecule has 1 heterocycles. The molecule has 2 rings (SSSR count). The number of amides is 1. The monoisotopic (exact) mass is 284 g/mol. The second-order valence-electron chi connectivity index (χ2n) is 4.65. The lowest BCUT2D eigenvalue weighted by Crippen LogP contribution is -2.40. The van der Waals surface area contributed by atoms with E-state index >= 15 is 0 Å². The summed E-state index contributed by atoms with van der Waals surface area (Å²) in [6, 6.07) is 7.88. The first-order chi connectivity index (χ1) is 8.74. The number of likely N-dealkylation sites (tertiary alicyclic amines) is 1. The highest BCUT2D eigenvalue weighted by Gasteiger charge is 2.27. The lowest BCUT2D eigenvalue weighted by atomic mass is 10.1. The van der Waals surface area contributed by atoms with E-state index in [1.807, 2.05) is 29.2 Å². The fourth-order valence-electron chi connectivity index (χ4n) is 2.47. The first-order valence-electron chi connectivity index (χ1n) is 6.37. The molecule has 1 atom stereocenters. The fourth-order valence-corrected chi connectivity index (χ4v) is 2.47. The number of nitrogens with zero attached hydrogens (tertiary/aromatic N) is 1. The van der Waals surface area contributed by atoms with E-state index in [0.29, 0.717) is 13.0 Å². The number of halogens is 1. The predicted molar refractivity (Wildman–Crippen MR) is 77.7 cm³/mol.